The molecule has 12 heteroatoms. The van der Waals surface area contributed by atoms with Crippen molar-refractivity contribution in [3.8, 4) is 0 Å². The van der Waals surface area contributed by atoms with Crippen molar-refractivity contribution in [3.05, 3.63) is 36.0 Å². The lowest BCUT2D eigenvalue weighted by molar-refractivity contribution is -0.143. The number of carbonyl (C=O) groups excluding carboxylic acids is 4. The Labute approximate surface area is 220 Å². The molecule has 206 valence electrons. The number of aliphatic carboxylic acids is 1. The topological polar surface area (TPSA) is 201 Å². The number of para-hydroxylation sites is 1. The quantitative estimate of drug-likeness (QED) is 0.222. The van der Waals surface area contributed by atoms with Crippen LogP contribution < -0.4 is 22.1 Å². The second kappa shape index (κ2) is 12.5. The monoisotopic (exact) mass is 528 g/mol. The summed E-state index contributed by atoms with van der Waals surface area (Å²) in [4.78, 5) is 67.1. The van der Waals surface area contributed by atoms with Gasteiger partial charge in [0, 0.05) is 36.5 Å². The normalized spacial score (nSPS) is 17.7. The van der Waals surface area contributed by atoms with E-state index in [1.807, 2.05) is 38.1 Å². The fraction of sp³-hybridized carbons (Fsp3) is 0.500. The molecule has 4 unspecified atom stereocenters. The van der Waals surface area contributed by atoms with Gasteiger partial charge in [-0.1, -0.05) is 32.0 Å². The van der Waals surface area contributed by atoms with Crippen molar-refractivity contribution in [3.63, 3.8) is 0 Å². The summed E-state index contributed by atoms with van der Waals surface area (Å²) >= 11 is 0. The summed E-state index contributed by atoms with van der Waals surface area (Å²) in [7, 11) is 0. The Morgan fingerprint density at radius 2 is 1.84 bits per heavy atom. The smallest absolute Gasteiger partial charge is 0.326 e. The zero-order valence-corrected chi connectivity index (χ0v) is 21.6. The Hall–Kier alpha value is -3.93. The lowest BCUT2D eigenvalue weighted by atomic mass is 10.0. The molecule has 0 bridgehead atoms. The van der Waals surface area contributed by atoms with Crippen LogP contribution in [-0.4, -0.2) is 75.3 Å². The largest absolute Gasteiger partial charge is 0.480 e. The van der Waals surface area contributed by atoms with Gasteiger partial charge in [0.1, 0.15) is 18.1 Å². The fourth-order valence-electron chi connectivity index (χ4n) is 4.60. The van der Waals surface area contributed by atoms with Crippen LogP contribution in [0.2, 0.25) is 0 Å². The third kappa shape index (κ3) is 6.88. The van der Waals surface area contributed by atoms with Crippen molar-refractivity contribution in [1.29, 1.82) is 0 Å². The van der Waals surface area contributed by atoms with Crippen molar-refractivity contribution in [2.45, 2.75) is 70.1 Å². The van der Waals surface area contributed by atoms with Crippen LogP contribution in [0.1, 0.15) is 45.1 Å². The predicted molar refractivity (Wildman–Crippen MR) is 139 cm³/mol. The molecule has 0 spiro atoms. The number of aromatic nitrogens is 1. The highest BCUT2D eigenvalue weighted by atomic mass is 16.4. The molecule has 0 aliphatic carbocycles. The molecule has 4 atom stereocenters. The van der Waals surface area contributed by atoms with Crippen molar-refractivity contribution in [1.82, 2.24) is 20.5 Å². The average molecular weight is 529 g/mol. The number of nitrogens with two attached hydrogens (primary N) is 2. The fourth-order valence-corrected chi connectivity index (χ4v) is 4.60. The zero-order valence-electron chi connectivity index (χ0n) is 21.6. The Balaban J connectivity index is 1.74. The van der Waals surface area contributed by atoms with Crippen LogP contribution in [0, 0.1) is 5.92 Å². The minimum absolute atomic E-state index is 0.000429. The molecule has 1 saturated heterocycles. The first-order valence-corrected chi connectivity index (χ1v) is 12.7. The summed E-state index contributed by atoms with van der Waals surface area (Å²) in [5.41, 5.74) is 12.8. The predicted octanol–water partition coefficient (Wildman–Crippen LogP) is 0.00440. The van der Waals surface area contributed by atoms with E-state index >= 15 is 0 Å². The molecule has 1 aliphatic rings. The number of carbonyl (C=O) groups is 5. The zero-order chi connectivity index (χ0) is 28.0. The number of H-pyrrole nitrogens is 1. The first kappa shape index (κ1) is 28.6. The molecule has 8 N–H and O–H groups in total. The number of rotatable bonds is 12. The minimum Gasteiger partial charge on any atom is -0.480 e. The third-order valence-corrected chi connectivity index (χ3v) is 6.87. The van der Waals surface area contributed by atoms with Crippen molar-refractivity contribution >= 4 is 40.5 Å². The highest BCUT2D eigenvalue weighted by molar-refractivity contribution is 5.95. The number of fused-ring (bicyclic) bond motifs is 1. The van der Waals surface area contributed by atoms with Crippen molar-refractivity contribution < 1.29 is 29.1 Å². The number of hydrogen-bond acceptors (Lipinski definition) is 6. The van der Waals surface area contributed by atoms with E-state index in [0.29, 0.717) is 24.9 Å². The number of aromatic amines is 1. The maximum Gasteiger partial charge on any atom is 0.326 e. The molecule has 38 heavy (non-hydrogen) atoms. The average Bonchev–Trinajstić information content (AvgIpc) is 3.52. The van der Waals surface area contributed by atoms with E-state index in [9.17, 15) is 29.1 Å². The van der Waals surface area contributed by atoms with Crippen LogP contribution in [0.15, 0.2) is 30.5 Å². The Morgan fingerprint density at radius 3 is 2.50 bits per heavy atom. The molecule has 1 aliphatic heterocycles. The standard InChI is InChI=1S/C26H36N6O6/c1-14(2)22(28)25(36)32-11-5-8-20(32)24(35)30-18(9-10-21(27)33)23(34)31-19(26(37)38)12-15-13-29-17-7-4-3-6-16(15)17/h3-4,6-7,13-14,18-20,22,29H,5,8-12,28H2,1-2H3,(H2,27,33)(H,30,35)(H,31,34)(H,37,38). The van der Waals surface area contributed by atoms with Gasteiger partial charge in [0.25, 0.3) is 0 Å². The molecule has 3 rings (SSSR count). The van der Waals surface area contributed by atoms with E-state index in [0.717, 1.165) is 10.9 Å². The Kier molecular flexibility index (Phi) is 9.45. The molecular weight excluding hydrogens is 492 g/mol. The summed E-state index contributed by atoms with van der Waals surface area (Å²) in [5, 5.41) is 15.7. The van der Waals surface area contributed by atoms with Crippen LogP contribution >= 0.6 is 0 Å². The van der Waals surface area contributed by atoms with E-state index in [1.54, 1.807) is 6.20 Å². The van der Waals surface area contributed by atoms with Gasteiger partial charge in [-0.05, 0) is 36.8 Å². The van der Waals surface area contributed by atoms with E-state index < -0.39 is 47.9 Å². The Bertz CT molecular complexity index is 1190. The number of carboxylic acids is 1. The SMILES string of the molecule is CC(C)C(N)C(=O)N1CCCC1C(=O)NC(CCC(N)=O)C(=O)NC(Cc1c[nH]c2ccccc12)C(=O)O. The van der Waals surface area contributed by atoms with Gasteiger partial charge in [0.15, 0.2) is 0 Å². The van der Waals surface area contributed by atoms with E-state index in [-0.39, 0.29) is 31.1 Å². The molecule has 4 amide bonds. The van der Waals surface area contributed by atoms with Crippen LogP contribution in [0.25, 0.3) is 10.9 Å². The van der Waals surface area contributed by atoms with Gasteiger partial charge >= 0.3 is 5.97 Å². The number of benzene rings is 1. The lowest BCUT2D eigenvalue weighted by Gasteiger charge is -2.29. The van der Waals surface area contributed by atoms with Gasteiger partial charge in [-0.25, -0.2) is 4.79 Å². The summed E-state index contributed by atoms with van der Waals surface area (Å²) in [6.45, 7) is 3.99. The number of nitrogens with zero attached hydrogens (tertiary/aromatic N) is 1. The van der Waals surface area contributed by atoms with Gasteiger partial charge in [-0.15, -0.1) is 0 Å². The summed E-state index contributed by atoms with van der Waals surface area (Å²) in [5.74, 6) is -3.72. The molecule has 2 aromatic rings. The summed E-state index contributed by atoms with van der Waals surface area (Å²) in [6, 6.07) is 3.27. The van der Waals surface area contributed by atoms with Crippen molar-refractivity contribution in [2.75, 3.05) is 6.54 Å². The van der Waals surface area contributed by atoms with Gasteiger partial charge in [0.2, 0.25) is 23.6 Å². The second-order valence-corrected chi connectivity index (χ2v) is 9.99. The second-order valence-electron chi connectivity index (χ2n) is 9.99. The van der Waals surface area contributed by atoms with Crippen LogP contribution in [0.5, 0.6) is 0 Å². The number of likely N-dealkylation sites (tertiary alicyclic amines) is 1. The number of carboxylic acid groups (broad SMARTS) is 1. The Morgan fingerprint density at radius 1 is 1.13 bits per heavy atom. The number of amides is 4. The molecule has 2 heterocycles. The molecule has 1 aromatic heterocycles. The molecule has 0 radical (unpaired) electrons. The van der Waals surface area contributed by atoms with Gasteiger partial charge in [-0.3, -0.25) is 19.2 Å². The highest BCUT2D eigenvalue weighted by Gasteiger charge is 2.38. The molecule has 0 saturated carbocycles. The van der Waals surface area contributed by atoms with Gasteiger partial charge < -0.3 is 37.1 Å². The maximum atomic E-state index is 13.2. The lowest BCUT2D eigenvalue weighted by Crippen LogP contribution is -2.57. The first-order chi connectivity index (χ1) is 18.0. The van der Waals surface area contributed by atoms with E-state index in [2.05, 4.69) is 15.6 Å². The number of hydrogen-bond donors (Lipinski definition) is 6. The number of nitrogens with one attached hydrogen (secondary N) is 3. The summed E-state index contributed by atoms with van der Waals surface area (Å²) < 4.78 is 0. The molecular formula is C26H36N6O6. The van der Waals surface area contributed by atoms with Crippen LogP contribution in [-0.2, 0) is 30.4 Å². The third-order valence-electron chi connectivity index (χ3n) is 6.87. The molecule has 1 aromatic carbocycles. The van der Waals surface area contributed by atoms with Gasteiger partial charge in [-0.2, -0.15) is 0 Å². The van der Waals surface area contributed by atoms with E-state index in [1.165, 1.54) is 4.90 Å². The van der Waals surface area contributed by atoms with Gasteiger partial charge in [0.05, 0.1) is 6.04 Å². The van der Waals surface area contributed by atoms with Crippen LogP contribution in [0.3, 0.4) is 0 Å². The van der Waals surface area contributed by atoms with E-state index in [4.69, 9.17) is 11.5 Å². The number of primary amides is 1. The maximum absolute atomic E-state index is 13.2. The van der Waals surface area contributed by atoms with Crippen LogP contribution in [0.4, 0.5) is 0 Å². The minimum atomic E-state index is -1.29. The molecule has 12 nitrogen and oxygen atoms in total. The first-order valence-electron chi connectivity index (χ1n) is 12.7. The summed E-state index contributed by atoms with van der Waals surface area (Å²) in [6.07, 6.45) is 2.35. The highest BCUT2D eigenvalue weighted by Crippen LogP contribution is 2.21. The van der Waals surface area contributed by atoms with Crippen molar-refractivity contribution in [2.24, 2.45) is 17.4 Å². The molecule has 1 fully saturated rings.